The zero-order chi connectivity index (χ0) is 20.3. The van der Waals surface area contributed by atoms with E-state index in [0.717, 1.165) is 12.1 Å². The highest BCUT2D eigenvalue weighted by Crippen LogP contribution is 2.29. The van der Waals surface area contributed by atoms with E-state index < -0.39 is 24.3 Å². The summed E-state index contributed by atoms with van der Waals surface area (Å²) >= 11 is 5.85. The van der Waals surface area contributed by atoms with Gasteiger partial charge in [-0.25, -0.2) is 4.68 Å². The minimum Gasteiger partial charge on any atom is -0.390 e. The molecule has 5 nitrogen and oxygen atoms in total. The van der Waals surface area contributed by atoms with Crippen molar-refractivity contribution in [1.82, 2.24) is 15.1 Å². The SMILES string of the molecule is O=C(NCc1cccc(C(F)(F)F)c1)c1cnn(-c2ccc(Cl)cc2)c1CO. The third kappa shape index (κ3) is 4.35. The van der Waals surface area contributed by atoms with E-state index in [4.69, 9.17) is 11.6 Å². The first-order chi connectivity index (χ1) is 13.3. The highest BCUT2D eigenvalue weighted by atomic mass is 35.5. The molecule has 0 radical (unpaired) electrons. The van der Waals surface area contributed by atoms with E-state index in [1.165, 1.54) is 23.0 Å². The van der Waals surface area contributed by atoms with Gasteiger partial charge in [0.2, 0.25) is 0 Å². The molecule has 0 unspecified atom stereocenters. The summed E-state index contributed by atoms with van der Waals surface area (Å²) < 4.78 is 39.8. The minimum atomic E-state index is -4.45. The fourth-order valence-electron chi connectivity index (χ4n) is 2.66. The number of carbonyl (C=O) groups excluding carboxylic acids is 1. The Balaban J connectivity index is 1.77. The summed E-state index contributed by atoms with van der Waals surface area (Å²) in [6.07, 6.45) is -3.16. The third-order valence-corrected chi connectivity index (χ3v) is 4.29. The molecule has 2 aromatic carbocycles. The van der Waals surface area contributed by atoms with Crippen molar-refractivity contribution in [2.75, 3.05) is 0 Å². The van der Waals surface area contributed by atoms with Crippen molar-refractivity contribution in [3.05, 3.63) is 82.1 Å². The molecule has 0 aliphatic carbocycles. The lowest BCUT2D eigenvalue weighted by molar-refractivity contribution is -0.137. The summed E-state index contributed by atoms with van der Waals surface area (Å²) in [5.74, 6) is -0.554. The lowest BCUT2D eigenvalue weighted by Crippen LogP contribution is -2.24. The lowest BCUT2D eigenvalue weighted by Gasteiger charge is -2.10. The predicted octanol–water partition coefficient (Wildman–Crippen LogP) is 3.97. The van der Waals surface area contributed by atoms with E-state index in [2.05, 4.69) is 10.4 Å². The van der Waals surface area contributed by atoms with Crippen molar-refractivity contribution in [2.45, 2.75) is 19.3 Å². The van der Waals surface area contributed by atoms with Gasteiger partial charge in [0.25, 0.3) is 5.91 Å². The number of nitrogens with one attached hydrogen (secondary N) is 1. The fourth-order valence-corrected chi connectivity index (χ4v) is 2.78. The van der Waals surface area contributed by atoms with E-state index in [-0.39, 0.29) is 17.8 Å². The Bertz CT molecular complexity index is 985. The van der Waals surface area contributed by atoms with Gasteiger partial charge in [-0.05, 0) is 42.0 Å². The largest absolute Gasteiger partial charge is 0.416 e. The number of alkyl halides is 3. The van der Waals surface area contributed by atoms with Crippen LogP contribution in [0.1, 0.15) is 27.2 Å². The second-order valence-electron chi connectivity index (χ2n) is 5.93. The van der Waals surface area contributed by atoms with Gasteiger partial charge in [-0.15, -0.1) is 0 Å². The molecule has 2 N–H and O–H groups in total. The maximum absolute atomic E-state index is 12.8. The van der Waals surface area contributed by atoms with Crippen LogP contribution in [0.25, 0.3) is 5.69 Å². The molecule has 0 bridgehead atoms. The normalized spacial score (nSPS) is 11.5. The zero-order valence-electron chi connectivity index (χ0n) is 14.4. The monoisotopic (exact) mass is 409 g/mol. The highest BCUT2D eigenvalue weighted by molar-refractivity contribution is 6.30. The molecule has 0 aliphatic rings. The number of hydrogen-bond acceptors (Lipinski definition) is 3. The number of benzene rings is 2. The molecule has 0 aliphatic heterocycles. The molecule has 0 fully saturated rings. The molecular weight excluding hydrogens is 395 g/mol. The first kappa shape index (κ1) is 19.9. The number of aliphatic hydroxyl groups excluding tert-OH is 1. The molecule has 0 saturated carbocycles. The number of halogens is 4. The van der Waals surface area contributed by atoms with Crippen molar-refractivity contribution < 1.29 is 23.1 Å². The molecule has 3 aromatic rings. The molecule has 28 heavy (non-hydrogen) atoms. The van der Waals surface area contributed by atoms with Crippen molar-refractivity contribution in [3.8, 4) is 5.69 Å². The third-order valence-electron chi connectivity index (χ3n) is 4.04. The maximum atomic E-state index is 12.8. The van der Waals surface area contributed by atoms with Gasteiger partial charge in [0.1, 0.15) is 0 Å². The van der Waals surface area contributed by atoms with E-state index >= 15 is 0 Å². The summed E-state index contributed by atoms with van der Waals surface area (Å²) in [4.78, 5) is 12.5. The van der Waals surface area contributed by atoms with Crippen LogP contribution in [-0.4, -0.2) is 20.8 Å². The molecule has 9 heteroatoms. The quantitative estimate of drug-likeness (QED) is 0.670. The van der Waals surface area contributed by atoms with E-state index in [1.807, 2.05) is 0 Å². The van der Waals surface area contributed by atoms with Crippen molar-refractivity contribution in [3.63, 3.8) is 0 Å². The summed E-state index contributed by atoms with van der Waals surface area (Å²) in [6, 6.07) is 11.4. The molecule has 0 atom stereocenters. The molecule has 1 aromatic heterocycles. The second kappa shape index (κ2) is 8.04. The van der Waals surface area contributed by atoms with Crippen LogP contribution in [0, 0.1) is 0 Å². The Hall–Kier alpha value is -2.84. The Labute approximate surface area is 163 Å². The number of aromatic nitrogens is 2. The summed E-state index contributed by atoms with van der Waals surface area (Å²) in [5.41, 5.74) is 0.503. The van der Waals surface area contributed by atoms with Gasteiger partial charge >= 0.3 is 6.18 Å². The van der Waals surface area contributed by atoms with Crippen molar-refractivity contribution >= 4 is 17.5 Å². The van der Waals surface area contributed by atoms with Gasteiger partial charge in [-0.1, -0.05) is 23.7 Å². The minimum absolute atomic E-state index is 0.0975. The first-order valence-electron chi connectivity index (χ1n) is 8.17. The molecule has 0 spiro atoms. The number of hydrogen-bond donors (Lipinski definition) is 2. The average Bonchev–Trinajstić information content (AvgIpc) is 3.10. The number of nitrogens with zero attached hydrogens (tertiary/aromatic N) is 2. The van der Waals surface area contributed by atoms with E-state index in [9.17, 15) is 23.1 Å². The fraction of sp³-hybridized carbons (Fsp3) is 0.158. The van der Waals surface area contributed by atoms with Gasteiger partial charge in [-0.3, -0.25) is 4.79 Å². The first-order valence-corrected chi connectivity index (χ1v) is 8.55. The van der Waals surface area contributed by atoms with Gasteiger partial charge in [0, 0.05) is 11.6 Å². The van der Waals surface area contributed by atoms with Gasteiger partial charge in [0.05, 0.1) is 35.3 Å². The van der Waals surface area contributed by atoms with Crippen LogP contribution in [0.5, 0.6) is 0 Å². The van der Waals surface area contributed by atoms with Crippen LogP contribution in [0.2, 0.25) is 5.02 Å². The summed E-state index contributed by atoms with van der Waals surface area (Å²) in [7, 11) is 0. The summed E-state index contributed by atoms with van der Waals surface area (Å²) in [5, 5.41) is 16.9. The number of aliphatic hydroxyl groups is 1. The summed E-state index contributed by atoms with van der Waals surface area (Å²) in [6.45, 7) is -0.547. The highest BCUT2D eigenvalue weighted by Gasteiger charge is 2.30. The number of amides is 1. The molecule has 146 valence electrons. The van der Waals surface area contributed by atoms with Crippen LogP contribution < -0.4 is 5.32 Å². The Morgan fingerprint density at radius 1 is 1.18 bits per heavy atom. The molecule has 3 rings (SSSR count). The lowest BCUT2D eigenvalue weighted by atomic mass is 10.1. The number of carbonyl (C=O) groups is 1. The van der Waals surface area contributed by atoms with Crippen LogP contribution >= 0.6 is 11.6 Å². The topological polar surface area (TPSA) is 67.2 Å². The molecule has 1 amide bonds. The average molecular weight is 410 g/mol. The van der Waals surface area contributed by atoms with Gasteiger partial charge in [0.15, 0.2) is 0 Å². The van der Waals surface area contributed by atoms with Crippen molar-refractivity contribution in [2.24, 2.45) is 0 Å². The second-order valence-corrected chi connectivity index (χ2v) is 6.37. The van der Waals surface area contributed by atoms with Crippen LogP contribution in [-0.2, 0) is 19.3 Å². The van der Waals surface area contributed by atoms with Crippen LogP contribution in [0.3, 0.4) is 0 Å². The zero-order valence-corrected chi connectivity index (χ0v) is 15.1. The Morgan fingerprint density at radius 3 is 2.54 bits per heavy atom. The maximum Gasteiger partial charge on any atom is 0.416 e. The molecule has 1 heterocycles. The molecule has 0 saturated heterocycles. The van der Waals surface area contributed by atoms with E-state index in [1.54, 1.807) is 24.3 Å². The number of rotatable bonds is 5. The smallest absolute Gasteiger partial charge is 0.390 e. The van der Waals surface area contributed by atoms with Gasteiger partial charge in [-0.2, -0.15) is 18.3 Å². The Morgan fingerprint density at radius 2 is 1.89 bits per heavy atom. The van der Waals surface area contributed by atoms with Crippen molar-refractivity contribution in [1.29, 1.82) is 0 Å². The van der Waals surface area contributed by atoms with Crippen LogP contribution in [0.15, 0.2) is 54.7 Å². The van der Waals surface area contributed by atoms with Crippen LogP contribution in [0.4, 0.5) is 13.2 Å². The standard InChI is InChI=1S/C19H15ClF3N3O2/c20-14-4-6-15(7-5-14)26-17(11-27)16(10-25-26)18(28)24-9-12-2-1-3-13(8-12)19(21,22)23/h1-8,10,27H,9,11H2,(H,24,28). The predicted molar refractivity (Wildman–Crippen MR) is 97.1 cm³/mol. The Kier molecular flexibility index (Phi) is 5.71. The van der Waals surface area contributed by atoms with Gasteiger partial charge < -0.3 is 10.4 Å². The van der Waals surface area contributed by atoms with E-state index in [0.29, 0.717) is 16.3 Å². The molecular formula is C19H15ClF3N3O2.